The third-order valence-electron chi connectivity index (χ3n) is 2.34. The highest BCUT2D eigenvalue weighted by molar-refractivity contribution is 9.10. The molecule has 1 heterocycles. The molecule has 2 rings (SSSR count). The van der Waals surface area contributed by atoms with Gasteiger partial charge in [0.15, 0.2) is 0 Å². The summed E-state index contributed by atoms with van der Waals surface area (Å²) >= 11 is 4.95. The number of benzene rings is 1. The largest absolute Gasteiger partial charge is 0.394 e. The van der Waals surface area contributed by atoms with Crippen LogP contribution in [0.25, 0.3) is 10.8 Å². The molecule has 1 unspecified atom stereocenters. The van der Waals surface area contributed by atoms with E-state index < -0.39 is 6.10 Å². The normalized spacial score (nSPS) is 12.9. The zero-order chi connectivity index (χ0) is 12.3. The zero-order valence-electron chi connectivity index (χ0n) is 9.01. The lowest BCUT2D eigenvalue weighted by Crippen LogP contribution is -2.14. The molecule has 0 spiro atoms. The Labute approximate surface area is 112 Å². The van der Waals surface area contributed by atoms with E-state index in [1.54, 1.807) is 6.20 Å². The smallest absolute Gasteiger partial charge is 0.104 e. The van der Waals surface area contributed by atoms with Crippen LogP contribution in [0.3, 0.4) is 0 Å². The lowest BCUT2D eigenvalue weighted by molar-refractivity contribution is 0.113. The van der Waals surface area contributed by atoms with Crippen molar-refractivity contribution in [3.8, 4) is 0 Å². The second-order valence-electron chi connectivity index (χ2n) is 3.60. The standard InChI is InChI=1S/C12H12BrNO2S/c13-11-3-1-2-10-9(11)4-5-14-12(10)17-7-8(16)6-15/h1-5,8,15-16H,6-7H2. The monoisotopic (exact) mass is 313 g/mol. The molecule has 5 heteroatoms. The van der Waals surface area contributed by atoms with Gasteiger partial charge in [0.2, 0.25) is 0 Å². The average Bonchev–Trinajstić information content (AvgIpc) is 2.36. The Morgan fingerprint density at radius 2 is 2.12 bits per heavy atom. The fourth-order valence-electron chi connectivity index (χ4n) is 1.48. The molecule has 2 N–H and O–H groups in total. The van der Waals surface area contributed by atoms with Crippen LogP contribution in [0.4, 0.5) is 0 Å². The van der Waals surface area contributed by atoms with Gasteiger partial charge in [-0.15, -0.1) is 11.8 Å². The highest BCUT2D eigenvalue weighted by atomic mass is 79.9. The SMILES string of the molecule is OCC(O)CSc1nccc2c(Br)cccc12. The molecule has 0 bridgehead atoms. The molecule has 0 saturated carbocycles. The first kappa shape index (κ1) is 12.8. The minimum absolute atomic E-state index is 0.221. The van der Waals surface area contributed by atoms with Gasteiger partial charge in [-0.2, -0.15) is 0 Å². The molecule has 0 aliphatic rings. The number of pyridine rings is 1. The molecule has 0 radical (unpaired) electrons. The van der Waals surface area contributed by atoms with Crippen LogP contribution in [-0.4, -0.2) is 33.7 Å². The Hall–Kier alpha value is -0.620. The number of hydrogen-bond donors (Lipinski definition) is 2. The van der Waals surface area contributed by atoms with Crippen molar-refractivity contribution in [3.63, 3.8) is 0 Å². The predicted octanol–water partition coefficient (Wildman–Crippen LogP) is 2.44. The third kappa shape index (κ3) is 2.98. The van der Waals surface area contributed by atoms with Crippen LogP contribution in [-0.2, 0) is 0 Å². The van der Waals surface area contributed by atoms with E-state index in [4.69, 9.17) is 5.11 Å². The number of aliphatic hydroxyl groups is 2. The average molecular weight is 314 g/mol. The van der Waals surface area contributed by atoms with Crippen molar-refractivity contribution in [2.24, 2.45) is 0 Å². The fourth-order valence-corrected chi connectivity index (χ4v) is 2.91. The number of halogens is 1. The molecule has 90 valence electrons. The van der Waals surface area contributed by atoms with Crippen LogP contribution in [0.1, 0.15) is 0 Å². The second-order valence-corrected chi connectivity index (χ2v) is 5.46. The van der Waals surface area contributed by atoms with Gasteiger partial charge in [0.25, 0.3) is 0 Å². The number of aliphatic hydroxyl groups excluding tert-OH is 2. The zero-order valence-corrected chi connectivity index (χ0v) is 11.4. The van der Waals surface area contributed by atoms with Crippen molar-refractivity contribution in [2.75, 3.05) is 12.4 Å². The van der Waals surface area contributed by atoms with Gasteiger partial charge in [0.05, 0.1) is 12.7 Å². The van der Waals surface area contributed by atoms with Crippen LogP contribution in [0.15, 0.2) is 40.0 Å². The summed E-state index contributed by atoms with van der Waals surface area (Å²) in [5.74, 6) is 0.440. The first-order valence-corrected chi connectivity index (χ1v) is 6.95. The van der Waals surface area contributed by atoms with Crippen molar-refractivity contribution in [3.05, 3.63) is 34.9 Å². The van der Waals surface area contributed by atoms with Crippen LogP contribution in [0, 0.1) is 0 Å². The van der Waals surface area contributed by atoms with E-state index in [2.05, 4.69) is 20.9 Å². The summed E-state index contributed by atoms with van der Waals surface area (Å²) < 4.78 is 1.03. The maximum Gasteiger partial charge on any atom is 0.104 e. The van der Waals surface area contributed by atoms with E-state index in [1.165, 1.54) is 11.8 Å². The molecule has 1 aromatic heterocycles. The van der Waals surface area contributed by atoms with Crippen LogP contribution in [0.2, 0.25) is 0 Å². The summed E-state index contributed by atoms with van der Waals surface area (Å²) in [6.07, 6.45) is 1.05. The van der Waals surface area contributed by atoms with Crippen LogP contribution < -0.4 is 0 Å². The van der Waals surface area contributed by atoms with Crippen LogP contribution in [0.5, 0.6) is 0 Å². The van der Waals surface area contributed by atoms with Crippen molar-refractivity contribution in [1.29, 1.82) is 0 Å². The molecule has 1 atom stereocenters. The van der Waals surface area contributed by atoms with Crippen LogP contribution >= 0.6 is 27.7 Å². The first-order valence-electron chi connectivity index (χ1n) is 5.17. The Kier molecular flexibility index (Phi) is 4.39. The topological polar surface area (TPSA) is 53.4 Å². The molecule has 17 heavy (non-hydrogen) atoms. The summed E-state index contributed by atoms with van der Waals surface area (Å²) in [4.78, 5) is 4.30. The molecule has 0 amide bonds. The van der Waals surface area contributed by atoms with Crippen molar-refractivity contribution in [2.45, 2.75) is 11.1 Å². The Balaban J connectivity index is 2.31. The third-order valence-corrected chi connectivity index (χ3v) is 4.18. The number of aromatic nitrogens is 1. The molecular formula is C12H12BrNO2S. The minimum Gasteiger partial charge on any atom is -0.394 e. The first-order chi connectivity index (χ1) is 8.22. The van der Waals surface area contributed by atoms with E-state index in [9.17, 15) is 5.11 Å². The molecule has 0 aliphatic heterocycles. The number of fused-ring (bicyclic) bond motifs is 1. The summed E-state index contributed by atoms with van der Waals surface area (Å²) in [6, 6.07) is 7.90. The van der Waals surface area contributed by atoms with Gasteiger partial charge in [0, 0.05) is 27.2 Å². The van der Waals surface area contributed by atoms with Gasteiger partial charge in [0.1, 0.15) is 5.03 Å². The summed E-state index contributed by atoms with van der Waals surface area (Å²) in [6.45, 7) is -0.221. The number of nitrogens with zero attached hydrogens (tertiary/aromatic N) is 1. The van der Waals surface area contributed by atoms with E-state index >= 15 is 0 Å². The molecule has 3 nitrogen and oxygen atoms in total. The lowest BCUT2D eigenvalue weighted by Gasteiger charge is -2.08. The van der Waals surface area contributed by atoms with Gasteiger partial charge in [-0.1, -0.05) is 28.1 Å². The van der Waals surface area contributed by atoms with E-state index in [-0.39, 0.29) is 6.61 Å². The highest BCUT2D eigenvalue weighted by Crippen LogP contribution is 2.30. The fraction of sp³-hybridized carbons (Fsp3) is 0.250. The van der Waals surface area contributed by atoms with E-state index in [0.29, 0.717) is 5.75 Å². The van der Waals surface area contributed by atoms with Crippen molar-refractivity contribution < 1.29 is 10.2 Å². The maximum atomic E-state index is 9.34. The number of rotatable bonds is 4. The number of hydrogen-bond acceptors (Lipinski definition) is 4. The molecule has 2 aromatic rings. The Bertz CT molecular complexity index is 521. The molecule has 0 aliphatic carbocycles. The van der Waals surface area contributed by atoms with Gasteiger partial charge >= 0.3 is 0 Å². The molecule has 1 aromatic carbocycles. The molecule has 0 saturated heterocycles. The second kappa shape index (κ2) is 5.82. The Morgan fingerprint density at radius 3 is 2.88 bits per heavy atom. The van der Waals surface area contributed by atoms with Crippen molar-refractivity contribution >= 4 is 38.5 Å². The molecule has 0 fully saturated rings. The van der Waals surface area contributed by atoms with Gasteiger partial charge in [-0.3, -0.25) is 0 Å². The van der Waals surface area contributed by atoms with E-state index in [1.807, 2.05) is 24.3 Å². The van der Waals surface area contributed by atoms with Crippen molar-refractivity contribution in [1.82, 2.24) is 4.98 Å². The Morgan fingerprint density at radius 1 is 1.29 bits per heavy atom. The maximum absolute atomic E-state index is 9.34. The summed E-state index contributed by atoms with van der Waals surface area (Å²) in [5.41, 5.74) is 0. The highest BCUT2D eigenvalue weighted by Gasteiger charge is 2.08. The van der Waals surface area contributed by atoms with Gasteiger partial charge < -0.3 is 10.2 Å². The van der Waals surface area contributed by atoms with Gasteiger partial charge in [-0.05, 0) is 12.1 Å². The predicted molar refractivity (Wildman–Crippen MR) is 73.3 cm³/mol. The quantitative estimate of drug-likeness (QED) is 0.851. The van der Waals surface area contributed by atoms with E-state index in [0.717, 1.165) is 20.3 Å². The number of thioether (sulfide) groups is 1. The van der Waals surface area contributed by atoms with Gasteiger partial charge in [-0.25, -0.2) is 4.98 Å². The summed E-state index contributed by atoms with van der Waals surface area (Å²) in [5, 5.41) is 21.1. The minimum atomic E-state index is -0.704. The lowest BCUT2D eigenvalue weighted by atomic mass is 10.2. The summed E-state index contributed by atoms with van der Waals surface area (Å²) in [7, 11) is 0. The molecular weight excluding hydrogens is 302 g/mol.